The van der Waals surface area contributed by atoms with Crippen molar-refractivity contribution in [2.24, 2.45) is 0 Å². The van der Waals surface area contributed by atoms with Gasteiger partial charge in [-0.1, -0.05) is 11.8 Å². The van der Waals surface area contributed by atoms with Crippen LogP contribution in [0.1, 0.15) is 0 Å². The smallest absolute Gasteiger partial charge is 0.119 e. The quantitative estimate of drug-likeness (QED) is 0.216. The molecule has 2 heterocycles. The van der Waals surface area contributed by atoms with E-state index in [0.29, 0.717) is 33.9 Å². The van der Waals surface area contributed by atoms with E-state index in [9.17, 15) is 10.2 Å². The number of aliphatic hydroxyl groups is 2. The zero-order chi connectivity index (χ0) is 25.7. The Balaban J connectivity index is 1.09. The van der Waals surface area contributed by atoms with Crippen molar-refractivity contribution in [3.05, 3.63) is 48.5 Å². The molecule has 2 saturated heterocycles. The summed E-state index contributed by atoms with van der Waals surface area (Å²) in [5.41, 5.74) is 0. The molecule has 0 spiro atoms. The Labute approximate surface area is 250 Å². The van der Waals surface area contributed by atoms with E-state index in [1.807, 2.05) is 119 Å². The van der Waals surface area contributed by atoms with E-state index < -0.39 is 12.2 Å². The number of ether oxygens (including phenoxy) is 2. The molecule has 0 amide bonds. The molecule has 0 saturated carbocycles. The van der Waals surface area contributed by atoms with Crippen LogP contribution in [0.2, 0.25) is 0 Å². The zero-order valence-corrected chi connectivity index (χ0v) is 26.3. The molecule has 2 N–H and O–H groups in total. The van der Waals surface area contributed by atoms with Crippen LogP contribution in [0.25, 0.3) is 0 Å². The lowest BCUT2D eigenvalue weighted by Gasteiger charge is -2.14. The lowest BCUT2D eigenvalue weighted by atomic mass is 10.3. The summed E-state index contributed by atoms with van der Waals surface area (Å²) in [5.74, 6) is 10.1. The summed E-state index contributed by atoms with van der Waals surface area (Å²) in [7, 11) is 0. The van der Waals surface area contributed by atoms with Crippen LogP contribution in [0, 0.1) is 0 Å². The molecule has 2 fully saturated rings. The van der Waals surface area contributed by atoms with Crippen LogP contribution < -0.4 is 9.47 Å². The van der Waals surface area contributed by atoms with Crippen LogP contribution in [0.5, 0.6) is 11.5 Å². The third-order valence-electron chi connectivity index (χ3n) is 5.28. The Bertz CT molecular complexity index is 817. The summed E-state index contributed by atoms with van der Waals surface area (Å²) >= 11 is 13.4. The van der Waals surface area contributed by atoms with Gasteiger partial charge in [0.25, 0.3) is 0 Å². The second-order valence-corrected chi connectivity index (χ2v) is 17.5. The molecule has 0 aromatic heterocycles. The van der Waals surface area contributed by atoms with Crippen LogP contribution in [0.4, 0.5) is 0 Å². The maximum absolute atomic E-state index is 10.2. The first kappa shape index (κ1) is 30.4. The summed E-state index contributed by atoms with van der Waals surface area (Å²) < 4.78 is 12.9. The monoisotopic (exact) mass is 634 g/mol. The molecule has 0 aliphatic carbocycles. The Morgan fingerprint density at radius 3 is 1.41 bits per heavy atom. The Morgan fingerprint density at radius 1 is 0.649 bits per heavy atom. The largest absolute Gasteiger partial charge is 0.491 e. The molecular weight excluding hydrogens is 601 g/mol. The highest BCUT2D eigenvalue weighted by Gasteiger charge is 2.18. The van der Waals surface area contributed by atoms with Crippen molar-refractivity contribution >= 4 is 82.3 Å². The van der Waals surface area contributed by atoms with Gasteiger partial charge in [0.15, 0.2) is 0 Å². The van der Waals surface area contributed by atoms with Gasteiger partial charge in [-0.2, -0.15) is 23.5 Å². The van der Waals surface area contributed by atoms with Gasteiger partial charge in [0.1, 0.15) is 24.7 Å². The lowest BCUT2D eigenvalue weighted by molar-refractivity contribution is 0.126. The minimum absolute atomic E-state index is 0.317. The highest BCUT2D eigenvalue weighted by atomic mass is 32.2. The van der Waals surface area contributed by atoms with E-state index >= 15 is 0 Å². The molecule has 2 unspecified atom stereocenters. The van der Waals surface area contributed by atoms with E-state index in [4.69, 9.17) is 9.47 Å². The van der Waals surface area contributed by atoms with Gasteiger partial charge in [-0.3, -0.25) is 0 Å². The van der Waals surface area contributed by atoms with Crippen LogP contribution in [-0.4, -0.2) is 90.8 Å². The van der Waals surface area contributed by atoms with E-state index in [0.717, 1.165) is 32.8 Å². The molecule has 2 aliphatic heterocycles. The predicted octanol–water partition coefficient (Wildman–Crippen LogP) is 6.40. The minimum atomic E-state index is -0.453. The maximum Gasteiger partial charge on any atom is 0.119 e. The van der Waals surface area contributed by atoms with Crippen LogP contribution >= 0.6 is 82.3 Å². The third-order valence-corrected chi connectivity index (χ3v) is 15.6. The van der Waals surface area contributed by atoms with Crippen molar-refractivity contribution in [3.8, 4) is 11.5 Å². The average molecular weight is 635 g/mol. The first-order valence-electron chi connectivity index (χ1n) is 12.3. The van der Waals surface area contributed by atoms with Gasteiger partial charge in [0, 0.05) is 55.8 Å². The molecule has 4 nitrogen and oxygen atoms in total. The molecule has 2 aromatic carbocycles. The topological polar surface area (TPSA) is 58.9 Å². The zero-order valence-electron chi connectivity index (χ0n) is 20.6. The fourth-order valence-electron chi connectivity index (χ4n) is 3.43. The molecule has 2 atom stereocenters. The van der Waals surface area contributed by atoms with Gasteiger partial charge >= 0.3 is 0 Å². The first-order chi connectivity index (χ1) is 18.1. The average Bonchev–Trinajstić information content (AvgIpc) is 3.63. The standard InChI is InChI=1S/C26H34O4S7/c27-19(15-31-17-25-33-9-10-34-25)13-29-21-1-5-23(6-2-21)37-24-7-3-22(4-8-24)30-14-20(28)16-32-18-26-35-11-12-36-26/h1-8,19-20,25-28H,9-18H2. The Hall–Kier alpha value is 0.410. The molecule has 37 heavy (non-hydrogen) atoms. The second-order valence-electron chi connectivity index (χ2n) is 8.39. The number of thioether (sulfide) groups is 6. The number of benzene rings is 2. The van der Waals surface area contributed by atoms with E-state index in [1.54, 1.807) is 11.8 Å². The molecule has 2 aliphatic rings. The van der Waals surface area contributed by atoms with Crippen molar-refractivity contribution in [3.63, 3.8) is 0 Å². The van der Waals surface area contributed by atoms with Gasteiger partial charge in [0.2, 0.25) is 0 Å². The minimum Gasteiger partial charge on any atom is -0.491 e. The van der Waals surface area contributed by atoms with Gasteiger partial charge in [-0.25, -0.2) is 0 Å². The van der Waals surface area contributed by atoms with Gasteiger partial charge in [-0.05, 0) is 48.5 Å². The second kappa shape index (κ2) is 17.3. The molecule has 204 valence electrons. The van der Waals surface area contributed by atoms with E-state index in [2.05, 4.69) is 0 Å². The summed E-state index contributed by atoms with van der Waals surface area (Å²) in [6.45, 7) is 0.635. The highest BCUT2D eigenvalue weighted by Crippen LogP contribution is 2.35. The van der Waals surface area contributed by atoms with E-state index in [-0.39, 0.29) is 0 Å². The van der Waals surface area contributed by atoms with Crippen molar-refractivity contribution in [1.29, 1.82) is 0 Å². The molecule has 2 aromatic rings. The van der Waals surface area contributed by atoms with Crippen molar-refractivity contribution in [2.75, 3.05) is 59.2 Å². The fraction of sp³-hybridized carbons (Fsp3) is 0.538. The van der Waals surface area contributed by atoms with Gasteiger partial charge < -0.3 is 19.7 Å². The number of hydrogen-bond donors (Lipinski definition) is 2. The highest BCUT2D eigenvalue weighted by molar-refractivity contribution is 8.21. The number of rotatable bonds is 16. The normalized spacial score (nSPS) is 18.2. The third kappa shape index (κ3) is 11.8. The maximum atomic E-state index is 10.2. The summed E-state index contributed by atoms with van der Waals surface area (Å²) in [5, 5.41) is 20.4. The summed E-state index contributed by atoms with van der Waals surface area (Å²) in [4.78, 5) is 2.24. The first-order valence-corrected chi connectivity index (χ1v) is 19.6. The Kier molecular flexibility index (Phi) is 14.2. The van der Waals surface area contributed by atoms with Crippen molar-refractivity contribution in [1.82, 2.24) is 0 Å². The van der Waals surface area contributed by atoms with Gasteiger partial charge in [0.05, 0.1) is 21.4 Å². The SMILES string of the molecule is OC(COc1ccc(Sc2ccc(OCC(O)CSCC3SCCS3)cc2)cc1)CSCC1SCCS1. The molecule has 11 heteroatoms. The molecule has 4 rings (SSSR count). The number of aliphatic hydroxyl groups excluding tert-OH is 2. The summed E-state index contributed by atoms with van der Waals surface area (Å²) in [6.07, 6.45) is -0.905. The summed E-state index contributed by atoms with van der Waals surface area (Å²) in [6, 6.07) is 16.0. The molecule has 0 radical (unpaired) electrons. The van der Waals surface area contributed by atoms with E-state index in [1.165, 1.54) is 23.0 Å². The Morgan fingerprint density at radius 2 is 1.03 bits per heavy atom. The van der Waals surface area contributed by atoms with Crippen molar-refractivity contribution in [2.45, 2.75) is 31.2 Å². The predicted molar refractivity (Wildman–Crippen MR) is 172 cm³/mol. The fourth-order valence-corrected chi connectivity index (χ4v) is 12.9. The molecule has 0 bridgehead atoms. The number of hydrogen-bond acceptors (Lipinski definition) is 11. The van der Waals surface area contributed by atoms with Crippen LogP contribution in [0.15, 0.2) is 58.3 Å². The van der Waals surface area contributed by atoms with Crippen molar-refractivity contribution < 1.29 is 19.7 Å². The molecular formula is C26H34O4S7. The lowest BCUT2D eigenvalue weighted by Crippen LogP contribution is -2.20. The van der Waals surface area contributed by atoms with Gasteiger partial charge in [-0.15, -0.1) is 47.0 Å². The van der Waals surface area contributed by atoms with Crippen LogP contribution in [-0.2, 0) is 0 Å². The van der Waals surface area contributed by atoms with Crippen LogP contribution in [0.3, 0.4) is 0 Å².